The molecule has 0 aliphatic heterocycles. The number of aryl methyl sites for hydroxylation is 1. The Labute approximate surface area is 171 Å². The SMILES string of the molecule is COc1cc(C)cc2c1C(C)/C(=C/O[Si](C)(C)C)C([Se]c1ccccc1)C2. The van der Waals surface area contributed by atoms with Crippen molar-refractivity contribution in [1.82, 2.24) is 0 Å². The maximum atomic E-state index is 6.27. The minimum atomic E-state index is -1.62. The van der Waals surface area contributed by atoms with Crippen LogP contribution in [0.3, 0.4) is 0 Å². The Kier molecular flexibility index (Phi) is 6.20. The third-order valence-corrected chi connectivity index (χ3v) is 8.36. The molecule has 0 fully saturated rings. The van der Waals surface area contributed by atoms with E-state index in [0.29, 0.717) is 25.7 Å². The third-order valence-electron chi connectivity index (χ3n) is 4.87. The minimum absolute atomic E-state index is 0.316. The Hall–Kier alpha value is -1.48. The predicted molar refractivity (Wildman–Crippen MR) is 118 cm³/mol. The molecule has 2 unspecified atom stereocenters. The summed E-state index contributed by atoms with van der Waals surface area (Å²) in [7, 11) is 0.166. The van der Waals surface area contributed by atoms with Gasteiger partial charge < -0.3 is 0 Å². The quantitative estimate of drug-likeness (QED) is 0.464. The van der Waals surface area contributed by atoms with Gasteiger partial charge in [-0.3, -0.25) is 0 Å². The van der Waals surface area contributed by atoms with Crippen molar-refractivity contribution in [2.45, 2.75) is 50.6 Å². The van der Waals surface area contributed by atoms with Crippen LogP contribution in [0.2, 0.25) is 24.5 Å². The van der Waals surface area contributed by atoms with Gasteiger partial charge in [0.25, 0.3) is 0 Å². The van der Waals surface area contributed by atoms with E-state index in [9.17, 15) is 0 Å². The first-order valence-corrected chi connectivity index (χ1v) is 14.8. The van der Waals surface area contributed by atoms with Crippen LogP contribution < -0.4 is 9.20 Å². The first-order chi connectivity index (χ1) is 12.8. The zero-order valence-electron chi connectivity index (χ0n) is 17.2. The summed E-state index contributed by atoms with van der Waals surface area (Å²) in [5.41, 5.74) is 5.48. The number of benzene rings is 2. The molecule has 0 radical (unpaired) electrons. The van der Waals surface area contributed by atoms with Crippen molar-refractivity contribution in [1.29, 1.82) is 0 Å². The number of rotatable bonds is 5. The molecule has 0 bridgehead atoms. The summed E-state index contributed by atoms with van der Waals surface area (Å²) < 4.78 is 13.5. The molecule has 1 aliphatic rings. The topological polar surface area (TPSA) is 18.5 Å². The van der Waals surface area contributed by atoms with Gasteiger partial charge in [-0.1, -0.05) is 0 Å². The van der Waals surface area contributed by atoms with Crippen molar-refractivity contribution in [2.75, 3.05) is 7.11 Å². The van der Waals surface area contributed by atoms with E-state index in [1.807, 2.05) is 0 Å². The first kappa shape index (κ1) is 20.3. The van der Waals surface area contributed by atoms with Crippen molar-refractivity contribution in [3.05, 3.63) is 71.0 Å². The molecule has 2 nitrogen and oxygen atoms in total. The molecule has 0 N–H and O–H groups in total. The second kappa shape index (κ2) is 8.26. The standard InChI is InChI=1S/C23H30O2SeSi/c1-16-12-18-14-22(26-19-10-8-7-9-11-19)20(15-25-27(4,5)6)17(2)23(18)21(13-16)24-3/h7-13,15,17,22H,14H2,1-6H3/b20-15-. The monoisotopic (exact) mass is 446 g/mol. The van der Waals surface area contributed by atoms with Crippen molar-refractivity contribution in [3.8, 4) is 5.75 Å². The number of allylic oxidation sites excluding steroid dienone is 1. The van der Waals surface area contributed by atoms with Gasteiger partial charge in [0.2, 0.25) is 0 Å². The molecule has 0 amide bonds. The zero-order chi connectivity index (χ0) is 19.6. The molecule has 4 heteroatoms. The van der Waals surface area contributed by atoms with Crippen LogP contribution in [0, 0.1) is 6.92 Å². The fourth-order valence-corrected chi connectivity index (χ4v) is 6.85. The Morgan fingerprint density at radius 2 is 1.81 bits per heavy atom. The van der Waals surface area contributed by atoms with Gasteiger partial charge in [-0.25, -0.2) is 0 Å². The van der Waals surface area contributed by atoms with Crippen LogP contribution in [-0.2, 0) is 10.8 Å². The van der Waals surface area contributed by atoms with Crippen LogP contribution in [0.15, 0.2) is 54.3 Å². The number of hydrogen-bond donors (Lipinski definition) is 0. The Bertz CT molecular complexity index is 824. The van der Waals surface area contributed by atoms with Crippen molar-refractivity contribution in [2.24, 2.45) is 0 Å². The normalized spacial score (nSPS) is 21.0. The van der Waals surface area contributed by atoms with Gasteiger partial charge in [0, 0.05) is 0 Å². The second-order valence-corrected chi connectivity index (χ2v) is 15.4. The van der Waals surface area contributed by atoms with E-state index in [-0.39, 0.29) is 0 Å². The number of hydrogen-bond acceptors (Lipinski definition) is 2. The fraction of sp³-hybridized carbons (Fsp3) is 0.391. The summed E-state index contributed by atoms with van der Waals surface area (Å²) in [5.74, 6) is 1.33. The summed E-state index contributed by atoms with van der Waals surface area (Å²) in [5, 5.41) is 0. The van der Waals surface area contributed by atoms with E-state index in [1.165, 1.54) is 26.7 Å². The van der Waals surface area contributed by atoms with Crippen LogP contribution in [0.25, 0.3) is 0 Å². The van der Waals surface area contributed by atoms with Crippen LogP contribution in [0.1, 0.15) is 29.5 Å². The van der Waals surface area contributed by atoms with E-state index in [4.69, 9.17) is 9.16 Å². The van der Waals surface area contributed by atoms with Crippen molar-refractivity contribution < 1.29 is 9.16 Å². The van der Waals surface area contributed by atoms with Crippen LogP contribution in [-0.4, -0.2) is 30.4 Å². The molecule has 2 aromatic carbocycles. The third kappa shape index (κ3) is 4.87. The van der Waals surface area contributed by atoms with Gasteiger partial charge in [-0.2, -0.15) is 0 Å². The summed E-state index contributed by atoms with van der Waals surface area (Å²) >= 11 is 0.374. The number of ether oxygens (including phenoxy) is 1. The molecule has 27 heavy (non-hydrogen) atoms. The van der Waals surface area contributed by atoms with Crippen LogP contribution in [0.4, 0.5) is 0 Å². The van der Waals surface area contributed by atoms with Crippen molar-refractivity contribution >= 4 is 27.7 Å². The van der Waals surface area contributed by atoms with Gasteiger partial charge in [0.05, 0.1) is 0 Å². The molecule has 0 saturated carbocycles. The molecule has 0 saturated heterocycles. The molecule has 0 spiro atoms. The molecular weight excluding hydrogens is 415 g/mol. The molecule has 2 atom stereocenters. The predicted octanol–water partition coefficient (Wildman–Crippen LogP) is 5.22. The first-order valence-electron chi connectivity index (χ1n) is 9.55. The van der Waals surface area contributed by atoms with Crippen LogP contribution in [0.5, 0.6) is 5.75 Å². The number of fused-ring (bicyclic) bond motifs is 1. The van der Waals surface area contributed by atoms with Gasteiger partial charge in [0.1, 0.15) is 0 Å². The molecule has 3 rings (SSSR count). The Balaban J connectivity index is 2.03. The molecule has 1 aliphatic carbocycles. The van der Waals surface area contributed by atoms with Crippen molar-refractivity contribution in [3.63, 3.8) is 0 Å². The van der Waals surface area contributed by atoms with E-state index in [1.54, 1.807) is 7.11 Å². The molecule has 144 valence electrons. The molecule has 2 aromatic rings. The van der Waals surface area contributed by atoms with E-state index in [0.717, 1.165) is 12.2 Å². The molecular formula is C23H30O2SeSi. The van der Waals surface area contributed by atoms with E-state index in [2.05, 4.69) is 82.2 Å². The second-order valence-electron chi connectivity index (χ2n) is 8.23. The fourth-order valence-electron chi connectivity index (χ4n) is 3.63. The van der Waals surface area contributed by atoms with Gasteiger partial charge in [-0.15, -0.1) is 0 Å². The average Bonchev–Trinajstić information content (AvgIpc) is 2.60. The van der Waals surface area contributed by atoms with Gasteiger partial charge in [-0.05, 0) is 0 Å². The summed E-state index contributed by atoms with van der Waals surface area (Å²) in [6.07, 6.45) is 3.17. The van der Waals surface area contributed by atoms with E-state index < -0.39 is 8.32 Å². The summed E-state index contributed by atoms with van der Waals surface area (Å²) in [4.78, 5) is 0.519. The zero-order valence-corrected chi connectivity index (χ0v) is 19.9. The Morgan fingerprint density at radius 3 is 2.44 bits per heavy atom. The molecule has 0 heterocycles. The Morgan fingerprint density at radius 1 is 1.11 bits per heavy atom. The summed E-state index contributed by atoms with van der Waals surface area (Å²) in [6, 6.07) is 15.4. The average molecular weight is 446 g/mol. The van der Waals surface area contributed by atoms with Gasteiger partial charge in [0.15, 0.2) is 0 Å². The van der Waals surface area contributed by atoms with Crippen LogP contribution >= 0.6 is 0 Å². The maximum absolute atomic E-state index is 6.27. The summed E-state index contributed by atoms with van der Waals surface area (Å²) in [6.45, 7) is 11.2. The molecule has 0 aromatic heterocycles. The van der Waals surface area contributed by atoms with E-state index >= 15 is 0 Å². The number of methoxy groups -OCH3 is 1. The van der Waals surface area contributed by atoms with Gasteiger partial charge >= 0.3 is 171 Å².